The van der Waals surface area contributed by atoms with Crippen molar-refractivity contribution >= 4 is 22.2 Å². The summed E-state index contributed by atoms with van der Waals surface area (Å²) in [6, 6.07) is 0. The lowest BCUT2D eigenvalue weighted by molar-refractivity contribution is -0.114. The molecule has 96 valence electrons. The molecule has 5 nitrogen and oxygen atoms in total. The highest BCUT2D eigenvalue weighted by Gasteiger charge is 2.14. The summed E-state index contributed by atoms with van der Waals surface area (Å²) in [4.78, 5) is 20.0. The molecule has 0 aromatic carbocycles. The third-order valence-corrected chi connectivity index (χ3v) is 3.17. The van der Waals surface area contributed by atoms with Gasteiger partial charge in [0.05, 0.1) is 11.2 Å². The molecule has 0 atom stereocenters. The largest absolute Gasteiger partial charge is 0.315 e. The Labute approximate surface area is 110 Å². The summed E-state index contributed by atoms with van der Waals surface area (Å²) in [6.45, 7) is 5.57. The number of amides is 1. The van der Waals surface area contributed by atoms with Gasteiger partial charge < -0.3 is 5.32 Å². The topological polar surface area (TPSA) is 59.8 Å². The fourth-order valence-electron chi connectivity index (χ4n) is 1.79. The molecule has 2 aromatic heterocycles. The third-order valence-electron chi connectivity index (χ3n) is 2.44. The summed E-state index contributed by atoms with van der Waals surface area (Å²) in [5, 5.41) is 3.56. The van der Waals surface area contributed by atoms with Crippen LogP contribution in [-0.4, -0.2) is 20.4 Å². The van der Waals surface area contributed by atoms with E-state index < -0.39 is 0 Å². The minimum atomic E-state index is -0.0885. The number of hydrogen-bond donors (Lipinski definition) is 1. The maximum absolute atomic E-state index is 11.2. The molecule has 1 amide bonds. The van der Waals surface area contributed by atoms with E-state index in [1.54, 1.807) is 5.51 Å². The van der Waals surface area contributed by atoms with E-state index in [4.69, 9.17) is 0 Å². The summed E-state index contributed by atoms with van der Waals surface area (Å²) in [5.74, 6) is 1.64. The van der Waals surface area contributed by atoms with Gasteiger partial charge in [0.15, 0.2) is 5.82 Å². The lowest BCUT2D eigenvalue weighted by atomic mass is 10.3. The molecule has 0 saturated heterocycles. The van der Waals surface area contributed by atoms with E-state index in [0.717, 1.165) is 35.2 Å². The standard InChI is InChI=1S/C12H16N4OS/c1-4-5-10-14-8(2)6-16(10)11-12(15-9(3)17)18-7-13-11/h6-7H,4-5H2,1-3H3,(H,15,17). The van der Waals surface area contributed by atoms with Crippen LogP contribution in [-0.2, 0) is 11.2 Å². The molecule has 0 aliphatic rings. The second-order valence-corrected chi connectivity index (χ2v) is 4.96. The molecule has 6 heteroatoms. The monoisotopic (exact) mass is 264 g/mol. The first kappa shape index (κ1) is 12.8. The second kappa shape index (κ2) is 5.30. The van der Waals surface area contributed by atoms with Gasteiger partial charge in [-0.2, -0.15) is 0 Å². The first-order valence-corrected chi connectivity index (χ1v) is 6.76. The minimum absolute atomic E-state index is 0.0885. The van der Waals surface area contributed by atoms with Gasteiger partial charge in [0.25, 0.3) is 0 Å². The van der Waals surface area contributed by atoms with Gasteiger partial charge >= 0.3 is 0 Å². The zero-order valence-corrected chi connectivity index (χ0v) is 11.5. The van der Waals surface area contributed by atoms with E-state index in [0.29, 0.717) is 0 Å². The minimum Gasteiger partial charge on any atom is -0.315 e. The van der Waals surface area contributed by atoms with Crippen LogP contribution in [0.15, 0.2) is 11.7 Å². The summed E-state index contributed by atoms with van der Waals surface area (Å²) >= 11 is 1.42. The molecule has 2 rings (SSSR count). The Balaban J connectivity index is 2.41. The van der Waals surface area contributed by atoms with E-state index >= 15 is 0 Å². The van der Waals surface area contributed by atoms with E-state index in [2.05, 4.69) is 22.2 Å². The van der Waals surface area contributed by atoms with Crippen LogP contribution in [0.1, 0.15) is 31.8 Å². The van der Waals surface area contributed by atoms with E-state index in [-0.39, 0.29) is 5.91 Å². The summed E-state index contributed by atoms with van der Waals surface area (Å²) < 4.78 is 1.96. The highest BCUT2D eigenvalue weighted by molar-refractivity contribution is 7.14. The predicted molar refractivity (Wildman–Crippen MR) is 72.3 cm³/mol. The summed E-state index contributed by atoms with van der Waals surface area (Å²) in [7, 11) is 0. The third kappa shape index (κ3) is 2.59. The molecule has 18 heavy (non-hydrogen) atoms. The van der Waals surface area contributed by atoms with Gasteiger partial charge in [0, 0.05) is 19.5 Å². The van der Waals surface area contributed by atoms with Crippen LogP contribution in [0.3, 0.4) is 0 Å². The fourth-order valence-corrected chi connectivity index (χ4v) is 2.51. The average molecular weight is 264 g/mol. The predicted octanol–water partition coefficient (Wildman–Crippen LogP) is 2.55. The average Bonchev–Trinajstić information content (AvgIpc) is 2.85. The van der Waals surface area contributed by atoms with Gasteiger partial charge in [-0.3, -0.25) is 9.36 Å². The van der Waals surface area contributed by atoms with E-state index in [1.807, 2.05) is 17.7 Å². The number of nitrogens with one attached hydrogen (secondary N) is 1. The van der Waals surface area contributed by atoms with Crippen molar-refractivity contribution in [3.63, 3.8) is 0 Å². The fraction of sp³-hybridized carbons (Fsp3) is 0.417. The van der Waals surface area contributed by atoms with Gasteiger partial charge in [-0.25, -0.2) is 9.97 Å². The molecule has 0 radical (unpaired) electrons. The Morgan fingerprint density at radius 2 is 2.33 bits per heavy atom. The van der Waals surface area contributed by atoms with Crippen LogP contribution >= 0.6 is 11.3 Å². The highest BCUT2D eigenvalue weighted by atomic mass is 32.1. The Bertz CT molecular complexity index is 558. The lowest BCUT2D eigenvalue weighted by Gasteiger charge is -2.06. The van der Waals surface area contributed by atoms with Crippen molar-refractivity contribution in [3.05, 3.63) is 23.2 Å². The van der Waals surface area contributed by atoms with Crippen molar-refractivity contribution in [1.82, 2.24) is 14.5 Å². The Morgan fingerprint density at radius 3 is 3.00 bits per heavy atom. The van der Waals surface area contributed by atoms with Crippen molar-refractivity contribution in [2.45, 2.75) is 33.6 Å². The summed E-state index contributed by atoms with van der Waals surface area (Å²) in [5.41, 5.74) is 2.69. The van der Waals surface area contributed by atoms with Crippen LogP contribution in [0, 0.1) is 6.92 Å². The normalized spacial score (nSPS) is 10.6. The quantitative estimate of drug-likeness (QED) is 0.923. The molecule has 2 heterocycles. The first-order chi connectivity index (χ1) is 8.61. The molecule has 0 unspecified atom stereocenters. The molecule has 0 saturated carbocycles. The Hall–Kier alpha value is -1.69. The first-order valence-electron chi connectivity index (χ1n) is 5.88. The number of anilines is 1. The zero-order chi connectivity index (χ0) is 13.1. The zero-order valence-electron chi connectivity index (χ0n) is 10.7. The van der Waals surface area contributed by atoms with E-state index in [9.17, 15) is 4.79 Å². The Morgan fingerprint density at radius 1 is 1.56 bits per heavy atom. The molecule has 0 aliphatic heterocycles. The van der Waals surface area contributed by atoms with Gasteiger partial charge in [0.1, 0.15) is 10.8 Å². The number of nitrogens with zero attached hydrogens (tertiary/aromatic N) is 3. The molecular weight excluding hydrogens is 248 g/mol. The van der Waals surface area contributed by atoms with Gasteiger partial charge in [-0.05, 0) is 13.3 Å². The van der Waals surface area contributed by atoms with Crippen molar-refractivity contribution in [1.29, 1.82) is 0 Å². The number of hydrogen-bond acceptors (Lipinski definition) is 4. The van der Waals surface area contributed by atoms with Crippen molar-refractivity contribution in [2.24, 2.45) is 0 Å². The molecule has 0 fully saturated rings. The summed E-state index contributed by atoms with van der Waals surface area (Å²) in [6.07, 6.45) is 3.87. The number of imidazole rings is 1. The van der Waals surface area contributed by atoms with Crippen molar-refractivity contribution < 1.29 is 4.79 Å². The van der Waals surface area contributed by atoms with Crippen LogP contribution in [0.25, 0.3) is 5.82 Å². The number of aryl methyl sites for hydroxylation is 2. The maximum Gasteiger partial charge on any atom is 0.221 e. The van der Waals surface area contributed by atoms with Crippen molar-refractivity contribution in [3.8, 4) is 5.82 Å². The SMILES string of the molecule is CCCc1nc(C)cn1-c1ncsc1NC(C)=O. The molecular formula is C12H16N4OS. The molecule has 0 aliphatic carbocycles. The Kier molecular flexibility index (Phi) is 3.76. The molecule has 0 spiro atoms. The number of rotatable bonds is 4. The number of aromatic nitrogens is 3. The number of carbonyl (C=O) groups is 1. The molecule has 0 bridgehead atoms. The number of thiazole rings is 1. The second-order valence-electron chi connectivity index (χ2n) is 4.10. The number of carbonyl (C=O) groups excluding carboxylic acids is 1. The van der Waals surface area contributed by atoms with Crippen LogP contribution in [0.2, 0.25) is 0 Å². The van der Waals surface area contributed by atoms with Gasteiger partial charge in [-0.15, -0.1) is 11.3 Å². The van der Waals surface area contributed by atoms with Gasteiger partial charge in [0.2, 0.25) is 5.91 Å². The van der Waals surface area contributed by atoms with Crippen LogP contribution in [0.4, 0.5) is 5.00 Å². The maximum atomic E-state index is 11.2. The van der Waals surface area contributed by atoms with Crippen LogP contribution in [0.5, 0.6) is 0 Å². The van der Waals surface area contributed by atoms with Crippen LogP contribution < -0.4 is 5.32 Å². The lowest BCUT2D eigenvalue weighted by Crippen LogP contribution is -2.09. The smallest absolute Gasteiger partial charge is 0.221 e. The van der Waals surface area contributed by atoms with Crippen molar-refractivity contribution in [2.75, 3.05) is 5.32 Å². The molecule has 2 aromatic rings. The molecule has 1 N–H and O–H groups in total. The van der Waals surface area contributed by atoms with E-state index in [1.165, 1.54) is 18.3 Å². The highest BCUT2D eigenvalue weighted by Crippen LogP contribution is 2.25. The van der Waals surface area contributed by atoms with Gasteiger partial charge in [-0.1, -0.05) is 6.92 Å².